The maximum Gasteiger partial charge on any atom is 0.119 e. The largest absolute Gasteiger partial charge is 0.491 e. The zero-order valence-electron chi connectivity index (χ0n) is 9.13. The van der Waals surface area contributed by atoms with Crippen LogP contribution in [-0.4, -0.2) is 27.9 Å². The number of benzene rings is 1. The number of rotatable bonds is 4. The predicted molar refractivity (Wildman–Crippen MR) is 60.9 cm³/mol. The fourth-order valence-corrected chi connectivity index (χ4v) is 1.52. The van der Waals surface area contributed by atoms with E-state index in [1.165, 1.54) is 0 Å². The summed E-state index contributed by atoms with van der Waals surface area (Å²) in [6.07, 6.45) is 3.68. The van der Waals surface area contributed by atoms with E-state index in [0.717, 1.165) is 17.3 Å². The van der Waals surface area contributed by atoms with E-state index in [4.69, 9.17) is 9.84 Å². The predicted octanol–water partition coefficient (Wildman–Crippen LogP) is 1.55. The number of aliphatic hydroxyl groups excluding tert-OH is 1. The topological polar surface area (TPSA) is 47.3 Å². The molecule has 0 spiro atoms. The fourth-order valence-electron chi connectivity index (χ4n) is 1.52. The highest BCUT2D eigenvalue weighted by molar-refractivity contribution is 5.38. The van der Waals surface area contributed by atoms with Crippen molar-refractivity contribution >= 4 is 0 Å². The Hall–Kier alpha value is -1.81. The van der Waals surface area contributed by atoms with Crippen molar-refractivity contribution < 1.29 is 9.84 Å². The Bertz CT molecular complexity index is 448. The van der Waals surface area contributed by atoms with Crippen molar-refractivity contribution in [3.63, 3.8) is 0 Å². The first-order chi connectivity index (χ1) is 7.81. The standard InChI is InChI=1S/C12H14N2O2/c1-10-13-6-7-14(10)11-2-4-12(5-3-11)16-9-8-15/h2-7,15H,8-9H2,1H3. The first-order valence-electron chi connectivity index (χ1n) is 5.15. The van der Waals surface area contributed by atoms with E-state index in [-0.39, 0.29) is 6.61 Å². The van der Waals surface area contributed by atoms with Crippen molar-refractivity contribution in [3.05, 3.63) is 42.5 Å². The summed E-state index contributed by atoms with van der Waals surface area (Å²) in [6.45, 7) is 2.31. The maximum atomic E-state index is 8.63. The quantitative estimate of drug-likeness (QED) is 0.847. The van der Waals surface area contributed by atoms with E-state index < -0.39 is 0 Å². The summed E-state index contributed by atoms with van der Waals surface area (Å²) in [6, 6.07) is 7.68. The maximum absolute atomic E-state index is 8.63. The van der Waals surface area contributed by atoms with Crippen molar-refractivity contribution in [2.45, 2.75) is 6.92 Å². The van der Waals surface area contributed by atoms with E-state index in [1.807, 2.05) is 42.0 Å². The molecule has 2 aromatic rings. The van der Waals surface area contributed by atoms with Crippen LogP contribution in [0.1, 0.15) is 5.82 Å². The van der Waals surface area contributed by atoms with Gasteiger partial charge in [0.15, 0.2) is 0 Å². The number of aryl methyl sites for hydroxylation is 1. The molecule has 4 heteroatoms. The second kappa shape index (κ2) is 4.81. The van der Waals surface area contributed by atoms with Crippen molar-refractivity contribution in [2.24, 2.45) is 0 Å². The van der Waals surface area contributed by atoms with Gasteiger partial charge in [-0.2, -0.15) is 0 Å². The third kappa shape index (κ3) is 2.23. The molecule has 0 saturated carbocycles. The van der Waals surface area contributed by atoms with Gasteiger partial charge >= 0.3 is 0 Å². The highest BCUT2D eigenvalue weighted by Gasteiger charge is 2.00. The van der Waals surface area contributed by atoms with E-state index >= 15 is 0 Å². The molecule has 2 rings (SSSR count). The molecular formula is C12H14N2O2. The van der Waals surface area contributed by atoms with E-state index in [0.29, 0.717) is 6.61 Å². The molecule has 0 radical (unpaired) electrons. The molecule has 16 heavy (non-hydrogen) atoms. The zero-order valence-corrected chi connectivity index (χ0v) is 9.13. The minimum absolute atomic E-state index is 0.0301. The molecule has 0 unspecified atom stereocenters. The number of hydrogen-bond acceptors (Lipinski definition) is 3. The molecule has 1 aromatic carbocycles. The molecule has 1 heterocycles. The number of imidazole rings is 1. The number of nitrogens with zero attached hydrogens (tertiary/aromatic N) is 2. The van der Waals surface area contributed by atoms with Gasteiger partial charge in [0.1, 0.15) is 18.2 Å². The lowest BCUT2D eigenvalue weighted by molar-refractivity contribution is 0.201. The molecule has 0 saturated heterocycles. The van der Waals surface area contributed by atoms with Gasteiger partial charge in [-0.1, -0.05) is 0 Å². The monoisotopic (exact) mass is 218 g/mol. The molecule has 0 atom stereocenters. The van der Waals surface area contributed by atoms with Gasteiger partial charge in [0.2, 0.25) is 0 Å². The molecule has 0 bridgehead atoms. The van der Waals surface area contributed by atoms with Gasteiger partial charge in [-0.25, -0.2) is 4.98 Å². The van der Waals surface area contributed by atoms with Gasteiger partial charge in [0.05, 0.1) is 6.61 Å². The number of ether oxygens (including phenoxy) is 1. The zero-order chi connectivity index (χ0) is 11.4. The number of aliphatic hydroxyl groups is 1. The summed E-state index contributed by atoms with van der Waals surface area (Å²) < 4.78 is 7.28. The van der Waals surface area contributed by atoms with Gasteiger partial charge in [-0.05, 0) is 31.2 Å². The van der Waals surface area contributed by atoms with E-state index in [2.05, 4.69) is 4.98 Å². The van der Waals surface area contributed by atoms with Crippen molar-refractivity contribution in [1.82, 2.24) is 9.55 Å². The minimum Gasteiger partial charge on any atom is -0.491 e. The molecule has 0 aliphatic heterocycles. The number of hydrogen-bond donors (Lipinski definition) is 1. The van der Waals surface area contributed by atoms with Crippen LogP contribution in [-0.2, 0) is 0 Å². The van der Waals surface area contributed by atoms with Crippen molar-refractivity contribution in [1.29, 1.82) is 0 Å². The highest BCUT2D eigenvalue weighted by Crippen LogP contribution is 2.16. The molecular weight excluding hydrogens is 204 g/mol. The Morgan fingerprint density at radius 3 is 2.62 bits per heavy atom. The summed E-state index contributed by atoms with van der Waals surface area (Å²) in [5.41, 5.74) is 1.05. The summed E-state index contributed by atoms with van der Waals surface area (Å²) in [7, 11) is 0. The Morgan fingerprint density at radius 2 is 2.06 bits per heavy atom. The lowest BCUT2D eigenvalue weighted by atomic mass is 10.3. The first kappa shape index (κ1) is 10.7. The Kier molecular flexibility index (Phi) is 3.22. The highest BCUT2D eigenvalue weighted by atomic mass is 16.5. The van der Waals surface area contributed by atoms with Gasteiger partial charge < -0.3 is 14.4 Å². The molecule has 84 valence electrons. The van der Waals surface area contributed by atoms with E-state index in [9.17, 15) is 0 Å². The van der Waals surface area contributed by atoms with Crippen molar-refractivity contribution in [2.75, 3.05) is 13.2 Å². The molecule has 1 aromatic heterocycles. The third-order valence-electron chi connectivity index (χ3n) is 2.30. The summed E-state index contributed by atoms with van der Waals surface area (Å²) in [4.78, 5) is 4.16. The van der Waals surface area contributed by atoms with Gasteiger partial charge in [-0.15, -0.1) is 0 Å². The molecule has 1 N–H and O–H groups in total. The SMILES string of the molecule is Cc1nccn1-c1ccc(OCCO)cc1. The van der Waals surface area contributed by atoms with Crippen LogP contribution in [0.3, 0.4) is 0 Å². The van der Waals surface area contributed by atoms with Crippen LogP contribution in [0.2, 0.25) is 0 Å². The van der Waals surface area contributed by atoms with Crippen LogP contribution >= 0.6 is 0 Å². The second-order valence-electron chi connectivity index (χ2n) is 3.41. The van der Waals surface area contributed by atoms with Gasteiger partial charge in [0.25, 0.3) is 0 Å². The van der Waals surface area contributed by atoms with Crippen LogP contribution in [0.15, 0.2) is 36.7 Å². The minimum atomic E-state index is 0.0301. The van der Waals surface area contributed by atoms with Crippen LogP contribution in [0, 0.1) is 6.92 Å². The lowest BCUT2D eigenvalue weighted by Gasteiger charge is -2.07. The summed E-state index contributed by atoms with van der Waals surface area (Å²) in [5, 5.41) is 8.63. The third-order valence-corrected chi connectivity index (χ3v) is 2.30. The average Bonchev–Trinajstić information content (AvgIpc) is 2.74. The molecule has 0 aliphatic rings. The summed E-state index contributed by atoms with van der Waals surface area (Å²) in [5.74, 6) is 1.71. The first-order valence-corrected chi connectivity index (χ1v) is 5.15. The Morgan fingerprint density at radius 1 is 1.31 bits per heavy atom. The molecule has 0 amide bonds. The lowest BCUT2D eigenvalue weighted by Crippen LogP contribution is -2.01. The smallest absolute Gasteiger partial charge is 0.119 e. The number of aromatic nitrogens is 2. The molecule has 4 nitrogen and oxygen atoms in total. The molecule has 0 fully saturated rings. The van der Waals surface area contributed by atoms with Crippen LogP contribution < -0.4 is 4.74 Å². The Balaban J connectivity index is 2.16. The van der Waals surface area contributed by atoms with Gasteiger partial charge in [-0.3, -0.25) is 0 Å². The van der Waals surface area contributed by atoms with Crippen molar-refractivity contribution in [3.8, 4) is 11.4 Å². The normalized spacial score (nSPS) is 10.4. The summed E-state index contributed by atoms with van der Waals surface area (Å²) >= 11 is 0. The van der Waals surface area contributed by atoms with Crippen LogP contribution in [0.25, 0.3) is 5.69 Å². The Labute approximate surface area is 94.1 Å². The van der Waals surface area contributed by atoms with Gasteiger partial charge in [0, 0.05) is 18.1 Å². The second-order valence-corrected chi connectivity index (χ2v) is 3.41. The average molecular weight is 218 g/mol. The van der Waals surface area contributed by atoms with Crippen LogP contribution in [0.4, 0.5) is 0 Å². The van der Waals surface area contributed by atoms with E-state index in [1.54, 1.807) is 6.20 Å². The molecule has 0 aliphatic carbocycles. The fraction of sp³-hybridized carbons (Fsp3) is 0.250. The van der Waals surface area contributed by atoms with Crippen LogP contribution in [0.5, 0.6) is 5.75 Å².